The number of esters is 1. The molecule has 0 unspecified atom stereocenters. The van der Waals surface area contributed by atoms with Gasteiger partial charge in [0, 0.05) is 16.3 Å². The first-order chi connectivity index (χ1) is 11.6. The van der Waals surface area contributed by atoms with Gasteiger partial charge in [0.25, 0.3) is 0 Å². The fourth-order valence-corrected chi connectivity index (χ4v) is 2.16. The molecule has 5 nitrogen and oxygen atoms in total. The maximum absolute atomic E-state index is 11.6. The van der Waals surface area contributed by atoms with Crippen LogP contribution in [-0.4, -0.2) is 23.9 Å². The maximum atomic E-state index is 11.6. The Morgan fingerprint density at radius 2 is 1.96 bits per heavy atom. The van der Waals surface area contributed by atoms with E-state index in [9.17, 15) is 4.79 Å². The summed E-state index contributed by atoms with van der Waals surface area (Å²) in [5.74, 6) is -0.353. The third-order valence-electron chi connectivity index (χ3n) is 2.93. The molecule has 0 aliphatic carbocycles. The Kier molecular flexibility index (Phi) is 6.72. The van der Waals surface area contributed by atoms with Crippen LogP contribution in [0.4, 0.5) is 5.69 Å². The molecule has 124 valence electrons. The Labute approximate surface area is 150 Å². The van der Waals surface area contributed by atoms with Crippen molar-refractivity contribution in [3.05, 3.63) is 64.7 Å². The lowest BCUT2D eigenvalue weighted by Gasteiger charge is -2.08. The van der Waals surface area contributed by atoms with Crippen molar-refractivity contribution in [2.45, 2.75) is 6.92 Å². The summed E-state index contributed by atoms with van der Waals surface area (Å²) in [6, 6.07) is 14.1. The Bertz CT molecular complexity index is 748. The van der Waals surface area contributed by atoms with Crippen LogP contribution in [0.25, 0.3) is 0 Å². The fraction of sp³-hybridized carbons (Fsp3) is 0.118. The monoisotopic (exact) mass is 361 g/mol. The fourth-order valence-electron chi connectivity index (χ4n) is 1.80. The Balaban J connectivity index is 1.88. The molecule has 0 heterocycles. The molecule has 24 heavy (non-hydrogen) atoms. The second-order valence-electron chi connectivity index (χ2n) is 4.64. The highest BCUT2D eigenvalue weighted by molar-refractivity contribution is 7.80. The van der Waals surface area contributed by atoms with Gasteiger partial charge in [-0.25, -0.2) is 4.79 Å². The molecule has 2 aromatic carbocycles. The normalized spacial score (nSPS) is 10.4. The van der Waals surface area contributed by atoms with Crippen molar-refractivity contribution in [2.75, 3.05) is 11.9 Å². The van der Waals surface area contributed by atoms with Gasteiger partial charge in [-0.1, -0.05) is 29.8 Å². The molecule has 0 aliphatic heterocycles. The van der Waals surface area contributed by atoms with Gasteiger partial charge in [-0.15, -0.1) is 0 Å². The highest BCUT2D eigenvalue weighted by Crippen LogP contribution is 2.12. The zero-order valence-electron chi connectivity index (χ0n) is 13.0. The van der Waals surface area contributed by atoms with Crippen molar-refractivity contribution in [3.8, 4) is 0 Å². The van der Waals surface area contributed by atoms with Crippen molar-refractivity contribution in [2.24, 2.45) is 5.10 Å². The van der Waals surface area contributed by atoms with E-state index in [0.29, 0.717) is 22.3 Å². The number of hydrogen-bond acceptors (Lipinski definition) is 4. The van der Waals surface area contributed by atoms with E-state index in [0.717, 1.165) is 11.3 Å². The van der Waals surface area contributed by atoms with Gasteiger partial charge in [0.15, 0.2) is 5.11 Å². The van der Waals surface area contributed by atoms with Crippen LogP contribution in [0, 0.1) is 0 Å². The number of nitrogens with zero attached hydrogens (tertiary/aromatic N) is 1. The molecule has 2 aromatic rings. The van der Waals surface area contributed by atoms with E-state index in [1.807, 2.05) is 18.2 Å². The summed E-state index contributed by atoms with van der Waals surface area (Å²) in [6.45, 7) is 2.11. The smallest absolute Gasteiger partial charge is 0.338 e. The van der Waals surface area contributed by atoms with E-state index in [4.69, 9.17) is 28.6 Å². The van der Waals surface area contributed by atoms with Crippen LogP contribution >= 0.6 is 23.8 Å². The van der Waals surface area contributed by atoms with Crippen molar-refractivity contribution >= 4 is 46.8 Å². The Hall–Kier alpha value is -2.44. The summed E-state index contributed by atoms with van der Waals surface area (Å²) in [7, 11) is 0. The number of hydrazone groups is 1. The highest BCUT2D eigenvalue weighted by atomic mass is 35.5. The van der Waals surface area contributed by atoms with Gasteiger partial charge in [-0.3, -0.25) is 5.43 Å². The van der Waals surface area contributed by atoms with E-state index in [-0.39, 0.29) is 5.97 Å². The van der Waals surface area contributed by atoms with E-state index in [1.165, 1.54) is 0 Å². The molecular weight excluding hydrogens is 346 g/mol. The van der Waals surface area contributed by atoms with Gasteiger partial charge in [0.05, 0.1) is 18.4 Å². The van der Waals surface area contributed by atoms with Crippen molar-refractivity contribution in [1.82, 2.24) is 5.43 Å². The van der Waals surface area contributed by atoms with Crippen LogP contribution in [0.1, 0.15) is 22.8 Å². The topological polar surface area (TPSA) is 62.7 Å². The van der Waals surface area contributed by atoms with Gasteiger partial charge in [0.1, 0.15) is 0 Å². The number of rotatable bonds is 5. The predicted molar refractivity (Wildman–Crippen MR) is 101 cm³/mol. The Morgan fingerprint density at radius 3 is 2.62 bits per heavy atom. The molecule has 2 N–H and O–H groups in total. The lowest BCUT2D eigenvalue weighted by Crippen LogP contribution is -2.23. The molecule has 0 aliphatic rings. The number of anilines is 1. The van der Waals surface area contributed by atoms with Gasteiger partial charge in [-0.05, 0) is 49.5 Å². The molecule has 0 fully saturated rings. The van der Waals surface area contributed by atoms with E-state index in [2.05, 4.69) is 15.8 Å². The molecule has 0 saturated heterocycles. The summed E-state index contributed by atoms with van der Waals surface area (Å²) in [6.07, 6.45) is 1.58. The van der Waals surface area contributed by atoms with Crippen LogP contribution < -0.4 is 10.7 Å². The summed E-state index contributed by atoms with van der Waals surface area (Å²) in [5, 5.41) is 7.92. The lowest BCUT2D eigenvalue weighted by atomic mass is 10.2. The van der Waals surface area contributed by atoms with E-state index < -0.39 is 0 Å². The minimum atomic E-state index is -0.353. The van der Waals surface area contributed by atoms with Crippen molar-refractivity contribution in [3.63, 3.8) is 0 Å². The van der Waals surface area contributed by atoms with Crippen molar-refractivity contribution < 1.29 is 9.53 Å². The zero-order chi connectivity index (χ0) is 17.4. The number of halogens is 1. The molecular formula is C17H16ClN3O2S. The minimum Gasteiger partial charge on any atom is -0.462 e. The number of benzene rings is 2. The van der Waals surface area contributed by atoms with Crippen LogP contribution in [0.3, 0.4) is 0 Å². The first kappa shape index (κ1) is 17.9. The zero-order valence-corrected chi connectivity index (χ0v) is 14.5. The molecule has 0 spiro atoms. The standard InChI is InChI=1S/C17H16ClN3O2S/c1-2-23-16(22)12-7-9-14(10-8-12)20-17(24)21-19-11-13-5-3-4-6-15(13)18/h3-11H,2H2,1H3,(H2,20,21,24)/b19-11+. The third-order valence-corrected chi connectivity index (χ3v) is 3.47. The summed E-state index contributed by atoms with van der Waals surface area (Å²) < 4.78 is 4.93. The third kappa shape index (κ3) is 5.33. The number of carbonyl (C=O) groups excluding carboxylic acids is 1. The second-order valence-corrected chi connectivity index (χ2v) is 5.46. The van der Waals surface area contributed by atoms with Crippen LogP contribution in [0.2, 0.25) is 5.02 Å². The van der Waals surface area contributed by atoms with Crippen LogP contribution in [0.15, 0.2) is 53.6 Å². The van der Waals surface area contributed by atoms with Gasteiger partial charge in [0.2, 0.25) is 0 Å². The van der Waals surface area contributed by atoms with Gasteiger partial charge < -0.3 is 10.1 Å². The number of ether oxygens (including phenoxy) is 1. The molecule has 0 bridgehead atoms. The molecule has 0 atom stereocenters. The van der Waals surface area contributed by atoms with Crippen molar-refractivity contribution in [1.29, 1.82) is 0 Å². The number of hydrogen-bond donors (Lipinski definition) is 2. The molecule has 0 amide bonds. The number of thiocarbonyl (C=S) groups is 1. The second kappa shape index (κ2) is 9.00. The Morgan fingerprint density at radius 1 is 1.25 bits per heavy atom. The first-order valence-electron chi connectivity index (χ1n) is 7.22. The highest BCUT2D eigenvalue weighted by Gasteiger charge is 2.05. The molecule has 0 saturated carbocycles. The lowest BCUT2D eigenvalue weighted by molar-refractivity contribution is 0.0526. The number of nitrogens with one attached hydrogen (secondary N) is 2. The average molecular weight is 362 g/mol. The quantitative estimate of drug-likeness (QED) is 0.366. The summed E-state index contributed by atoms with van der Waals surface area (Å²) >= 11 is 11.2. The van der Waals surface area contributed by atoms with Crippen LogP contribution in [0.5, 0.6) is 0 Å². The van der Waals surface area contributed by atoms with E-state index >= 15 is 0 Å². The molecule has 2 rings (SSSR count). The summed E-state index contributed by atoms with van der Waals surface area (Å²) in [5.41, 5.74) is 4.70. The molecule has 0 aromatic heterocycles. The molecule has 0 radical (unpaired) electrons. The molecule has 7 heteroatoms. The first-order valence-corrected chi connectivity index (χ1v) is 8.00. The SMILES string of the molecule is CCOC(=O)c1ccc(NC(=S)N/N=C/c2ccccc2Cl)cc1. The van der Waals surface area contributed by atoms with Gasteiger partial charge in [-0.2, -0.15) is 5.10 Å². The average Bonchev–Trinajstić information content (AvgIpc) is 2.57. The van der Waals surface area contributed by atoms with Crippen LogP contribution in [-0.2, 0) is 4.74 Å². The number of carbonyl (C=O) groups is 1. The van der Waals surface area contributed by atoms with Gasteiger partial charge >= 0.3 is 5.97 Å². The largest absolute Gasteiger partial charge is 0.462 e. The maximum Gasteiger partial charge on any atom is 0.338 e. The minimum absolute atomic E-state index is 0.321. The van der Waals surface area contributed by atoms with E-state index in [1.54, 1.807) is 43.5 Å². The summed E-state index contributed by atoms with van der Waals surface area (Å²) in [4.78, 5) is 11.6. The predicted octanol–water partition coefficient (Wildman–Crippen LogP) is 3.84.